The second-order valence-corrected chi connectivity index (χ2v) is 19.2. The van der Waals surface area contributed by atoms with E-state index >= 15 is 0 Å². The summed E-state index contributed by atoms with van der Waals surface area (Å²) in [5, 5.41) is 9.58. The topological polar surface area (TPSA) is 139 Å². The smallest absolute Gasteiger partial charge is 0.407 e. The van der Waals surface area contributed by atoms with E-state index in [1.54, 1.807) is 11.8 Å². The van der Waals surface area contributed by atoms with E-state index in [2.05, 4.69) is 33.7 Å². The van der Waals surface area contributed by atoms with Crippen molar-refractivity contribution in [1.29, 1.82) is 0 Å². The lowest BCUT2D eigenvalue weighted by Crippen LogP contribution is -2.60. The normalized spacial score (nSPS) is 29.5. The number of aryl methyl sites for hydroxylation is 2. The van der Waals surface area contributed by atoms with E-state index in [0.29, 0.717) is 55.4 Å². The van der Waals surface area contributed by atoms with E-state index in [4.69, 9.17) is 26.1 Å². The molecule has 1 spiro atoms. The Morgan fingerprint density at radius 2 is 1.93 bits per heavy atom. The van der Waals surface area contributed by atoms with Gasteiger partial charge in [0.05, 0.1) is 24.4 Å². The van der Waals surface area contributed by atoms with Gasteiger partial charge >= 0.3 is 6.09 Å². The van der Waals surface area contributed by atoms with Gasteiger partial charge in [-0.25, -0.2) is 9.78 Å². The van der Waals surface area contributed by atoms with Crippen molar-refractivity contribution in [3.8, 4) is 5.75 Å². The summed E-state index contributed by atoms with van der Waals surface area (Å²) >= 11 is 6.41. The number of nitrogens with one attached hydrogen (secondary N) is 3. The van der Waals surface area contributed by atoms with E-state index in [9.17, 15) is 19.2 Å². The summed E-state index contributed by atoms with van der Waals surface area (Å²) in [5.74, 6) is -0.00799. The van der Waals surface area contributed by atoms with Gasteiger partial charge in [0, 0.05) is 27.1 Å². The zero-order valence-electron chi connectivity index (χ0n) is 31.9. The monoisotopic (exact) mass is 779 g/mol. The van der Waals surface area contributed by atoms with Crippen LogP contribution in [0, 0.1) is 12.8 Å². The number of hydrogen-bond acceptors (Lipinski definition) is 7. The molecule has 2 saturated carbocycles. The number of carbonyl (C=O) groups excluding carboxylic acids is 4. The number of alkyl carbamates (subject to hydrolysis) is 1. The Hall–Kier alpha value is -3.64. The molecule has 292 valence electrons. The molecule has 0 radical (unpaired) electrons. The summed E-state index contributed by atoms with van der Waals surface area (Å²) in [6.45, 7) is 8.29. The van der Waals surface area contributed by atoms with Gasteiger partial charge in [0.2, 0.25) is 11.8 Å². The van der Waals surface area contributed by atoms with Gasteiger partial charge in [0.1, 0.15) is 29.0 Å². The van der Waals surface area contributed by atoms with E-state index in [-0.39, 0.29) is 29.5 Å². The molecule has 4 amide bonds. The van der Waals surface area contributed by atoms with Crippen LogP contribution in [0.2, 0.25) is 5.02 Å². The number of allylic oxidation sites excluding steroid dienone is 1. The maximum Gasteiger partial charge on any atom is 0.407 e. The molecular formula is C41H54ClN5O6S. The fourth-order valence-electron chi connectivity index (χ4n) is 8.07. The molecule has 13 heteroatoms. The van der Waals surface area contributed by atoms with Crippen LogP contribution < -0.4 is 20.1 Å². The summed E-state index contributed by atoms with van der Waals surface area (Å²) in [4.78, 5) is 63.1. The summed E-state index contributed by atoms with van der Waals surface area (Å²) in [5.41, 5.74) is 0.389. The summed E-state index contributed by atoms with van der Waals surface area (Å²) in [6, 6.07) is 3.80. The molecule has 2 aliphatic carbocycles. The molecule has 54 heavy (non-hydrogen) atoms. The molecule has 3 N–H and O–H groups in total. The number of ether oxygens (including phenoxy) is 2. The number of aromatic nitrogens is 1. The Bertz CT molecular complexity index is 1890. The molecule has 1 aromatic carbocycles. The third-order valence-corrected chi connectivity index (χ3v) is 14.5. The second kappa shape index (κ2) is 15.5. The molecule has 1 aromatic heterocycles. The maximum absolute atomic E-state index is 14.7. The lowest BCUT2D eigenvalue weighted by molar-refractivity contribution is -0.142. The molecule has 3 aliphatic heterocycles. The van der Waals surface area contributed by atoms with Crippen LogP contribution in [0.3, 0.4) is 0 Å². The van der Waals surface area contributed by atoms with Crippen molar-refractivity contribution in [3.05, 3.63) is 46.6 Å². The first-order valence-corrected chi connectivity index (χ1v) is 21.3. The minimum Gasteiger partial charge on any atom is -0.483 e. The summed E-state index contributed by atoms with van der Waals surface area (Å²) < 4.78 is 15.7. The minimum absolute atomic E-state index is 0.0293. The Labute approximate surface area is 325 Å². The molecule has 1 unspecified atom stereocenters. The predicted octanol–water partition coefficient (Wildman–Crippen LogP) is 6.83. The van der Waals surface area contributed by atoms with Gasteiger partial charge in [-0.05, 0) is 121 Å². The van der Waals surface area contributed by atoms with E-state index < -0.39 is 45.9 Å². The SMILES string of the molecule is C/C=S(/NC(=O)[C@@]1(C)C/C=C\CCCCC[C@H](NC(=O)OCC2CC2)C(=O)N2C[C@@]3(CCc4c(c(C)nc5ccc(Cl)cc45)O3)C[C@H]2C(=O)N1)C1(C)CC1. The van der Waals surface area contributed by atoms with Crippen LogP contribution in [0.5, 0.6) is 5.75 Å². The van der Waals surface area contributed by atoms with Gasteiger partial charge in [-0.1, -0.05) is 47.3 Å². The lowest BCUT2D eigenvalue weighted by atomic mass is 9.87. The van der Waals surface area contributed by atoms with Crippen LogP contribution in [0.15, 0.2) is 30.4 Å². The highest BCUT2D eigenvalue weighted by atomic mass is 35.5. The summed E-state index contributed by atoms with van der Waals surface area (Å²) in [7, 11) is -0.455. The number of halogens is 1. The van der Waals surface area contributed by atoms with Gasteiger partial charge in [0.15, 0.2) is 0 Å². The third-order valence-electron chi connectivity index (χ3n) is 11.9. The first-order chi connectivity index (χ1) is 25.8. The molecule has 4 heterocycles. The first kappa shape index (κ1) is 38.6. The Kier molecular flexibility index (Phi) is 11.1. The predicted molar refractivity (Wildman–Crippen MR) is 213 cm³/mol. The van der Waals surface area contributed by atoms with Gasteiger partial charge in [0.25, 0.3) is 5.91 Å². The van der Waals surface area contributed by atoms with Crippen molar-refractivity contribution in [3.63, 3.8) is 0 Å². The minimum atomic E-state index is -1.28. The Balaban J connectivity index is 1.21. The van der Waals surface area contributed by atoms with E-state index in [1.165, 1.54) is 0 Å². The standard InChI is InChI=1S/C41H54ClN5O6S/c1-5-54(39(3)20-21-39)46-37(50)40(4)18-11-9-7-6-8-10-12-32(44-38(51)52-24-27-13-14-27)36(49)47-25-41(23-33(47)35(48)45-40)19-17-29-30-22-28(42)15-16-31(30)43-26(2)34(29)53-41/h5,9,11,15-16,22,27,32-33H,6-8,10,12-14,17-21,23-25H2,1-4H3,(H,44,51)(H,45,48)(H,46,50)/b11-9-/t32-,33-,40+,41+,54?/m0/s1. The number of hydrogen-bond donors (Lipinski definition) is 3. The van der Waals surface area contributed by atoms with Crippen molar-refractivity contribution in [2.75, 3.05) is 13.2 Å². The Morgan fingerprint density at radius 3 is 2.67 bits per heavy atom. The number of pyridine rings is 1. The molecule has 2 aromatic rings. The molecule has 11 nitrogen and oxygen atoms in total. The van der Waals surface area contributed by atoms with Crippen molar-refractivity contribution in [1.82, 2.24) is 25.2 Å². The van der Waals surface area contributed by atoms with Gasteiger partial charge in [-0.15, -0.1) is 0 Å². The average molecular weight is 780 g/mol. The highest BCUT2D eigenvalue weighted by molar-refractivity contribution is 8.15. The van der Waals surface area contributed by atoms with Crippen molar-refractivity contribution in [2.24, 2.45) is 5.92 Å². The van der Waals surface area contributed by atoms with Crippen molar-refractivity contribution in [2.45, 2.75) is 139 Å². The zero-order chi connectivity index (χ0) is 38.3. The van der Waals surface area contributed by atoms with Gasteiger partial charge < -0.3 is 29.7 Å². The van der Waals surface area contributed by atoms with Crippen LogP contribution in [0.4, 0.5) is 4.79 Å². The third kappa shape index (κ3) is 8.29. The highest BCUT2D eigenvalue weighted by Crippen LogP contribution is 2.50. The Morgan fingerprint density at radius 1 is 1.13 bits per heavy atom. The van der Waals surface area contributed by atoms with E-state index in [0.717, 1.165) is 67.1 Å². The van der Waals surface area contributed by atoms with Crippen LogP contribution >= 0.6 is 22.3 Å². The second-order valence-electron chi connectivity index (χ2n) is 16.5. The lowest BCUT2D eigenvalue weighted by Gasteiger charge is -2.36. The molecule has 7 rings (SSSR count). The highest BCUT2D eigenvalue weighted by Gasteiger charge is 2.54. The van der Waals surface area contributed by atoms with Crippen LogP contribution in [-0.2, 0) is 25.5 Å². The van der Waals surface area contributed by atoms with Crippen LogP contribution in [0.1, 0.15) is 109 Å². The largest absolute Gasteiger partial charge is 0.483 e. The molecule has 5 aliphatic rings. The number of rotatable bonds is 6. The maximum atomic E-state index is 14.7. The number of amides is 4. The average Bonchev–Trinajstić information content (AvgIpc) is 4.08. The fourth-order valence-corrected chi connectivity index (χ4v) is 10.1. The van der Waals surface area contributed by atoms with Gasteiger partial charge in [-0.3, -0.25) is 14.4 Å². The van der Waals surface area contributed by atoms with E-state index in [1.807, 2.05) is 38.1 Å². The number of fused-ring (bicyclic) bond motifs is 4. The van der Waals surface area contributed by atoms with Crippen molar-refractivity contribution < 1.29 is 28.7 Å². The molecule has 3 fully saturated rings. The number of carbonyl (C=O) groups is 4. The zero-order valence-corrected chi connectivity index (χ0v) is 33.5. The molecule has 0 bridgehead atoms. The summed E-state index contributed by atoms with van der Waals surface area (Å²) in [6.07, 6.45) is 12.9. The van der Waals surface area contributed by atoms with Crippen LogP contribution in [0.25, 0.3) is 10.9 Å². The van der Waals surface area contributed by atoms with Crippen molar-refractivity contribution >= 4 is 62.4 Å². The fraction of sp³-hybridized carbons (Fsp3) is 0.610. The van der Waals surface area contributed by atoms with Gasteiger partial charge in [-0.2, -0.15) is 0 Å². The number of benzene rings is 1. The van der Waals surface area contributed by atoms with Crippen LogP contribution in [-0.4, -0.2) is 80.2 Å². The molecule has 1 saturated heterocycles. The molecule has 5 atom stereocenters. The first-order valence-electron chi connectivity index (χ1n) is 19.6. The quantitative estimate of drug-likeness (QED) is 0.216. The molecular weight excluding hydrogens is 726 g/mol. The number of nitrogens with zero attached hydrogens (tertiary/aromatic N) is 2.